The van der Waals surface area contributed by atoms with Gasteiger partial charge < -0.3 is 45.9 Å². The van der Waals surface area contributed by atoms with Gasteiger partial charge in [-0.3, -0.25) is 14.2 Å². The summed E-state index contributed by atoms with van der Waals surface area (Å²) in [5.74, 6) is -0.230. The molecule has 0 aromatic carbocycles. The maximum absolute atomic E-state index is 11.6. The Hall–Kier alpha value is -0.810. The van der Waals surface area contributed by atoms with Crippen molar-refractivity contribution < 1.29 is 37.1 Å². The van der Waals surface area contributed by atoms with Gasteiger partial charge in [0.2, 0.25) is 18.6 Å². The van der Waals surface area contributed by atoms with Crippen LogP contribution >= 0.6 is 13.5 Å². The molecule has 2 unspecified atom stereocenters. The molecule has 10 nitrogen and oxygen atoms in total. The average molecular weight is 755 g/mol. The predicted octanol–water partition coefficient (Wildman–Crippen LogP) is 9.20. The van der Waals surface area contributed by atoms with Crippen molar-refractivity contribution in [1.82, 2.24) is 10.6 Å². The molecule has 0 aliphatic heterocycles. The number of nitrogens with one attached hydrogen (secondary N) is 2. The lowest BCUT2D eigenvalue weighted by Gasteiger charge is -2.24. The molecule has 0 aliphatic rings. The molecule has 0 rings (SSSR count). The summed E-state index contributed by atoms with van der Waals surface area (Å²) in [5, 5.41) is 5.04. The molecule has 48 heavy (non-hydrogen) atoms. The number of hydrogen-bond donors (Lipinski definition) is 2. The Morgan fingerprint density at radius 3 is 1.58 bits per heavy atom. The van der Waals surface area contributed by atoms with Gasteiger partial charge in [-0.2, -0.15) is 0 Å². The zero-order valence-electron chi connectivity index (χ0n) is 30.0. The van der Waals surface area contributed by atoms with Crippen LogP contribution in [0.3, 0.4) is 0 Å². The summed E-state index contributed by atoms with van der Waals surface area (Å²) in [6, 6.07) is 0. The molecule has 0 spiro atoms. The second-order valence-corrected chi connectivity index (χ2v) is 16.9. The molecule has 0 aliphatic carbocycles. The molecular weight excluding hydrogens is 690 g/mol. The van der Waals surface area contributed by atoms with E-state index in [1.54, 1.807) is 0 Å². The summed E-state index contributed by atoms with van der Waals surface area (Å²) >= 11 is 9.08. The van der Waals surface area contributed by atoms with Crippen molar-refractivity contribution in [3.8, 4) is 0 Å². The molecule has 0 radical (unpaired) electrons. The number of rotatable bonds is 31. The molecule has 0 heterocycles. The van der Waals surface area contributed by atoms with Gasteiger partial charge in [-0.05, 0) is 44.9 Å². The van der Waals surface area contributed by atoms with Crippen molar-refractivity contribution in [2.24, 2.45) is 0 Å². The van der Waals surface area contributed by atoms with Gasteiger partial charge in [-0.15, -0.1) is 0 Å². The van der Waals surface area contributed by atoms with Gasteiger partial charge >= 0.3 is 0 Å². The topological polar surface area (TPSA) is 135 Å². The van der Waals surface area contributed by atoms with Gasteiger partial charge in [-0.25, -0.2) is 0 Å². The molecule has 0 fully saturated rings. The highest BCUT2D eigenvalue weighted by molar-refractivity contribution is 8.32. The van der Waals surface area contributed by atoms with E-state index < -0.39 is 13.5 Å². The summed E-state index contributed by atoms with van der Waals surface area (Å²) in [4.78, 5) is 34.3. The zero-order valence-corrected chi connectivity index (χ0v) is 33.4. The Morgan fingerprint density at radius 1 is 0.667 bits per heavy atom. The Labute approximate surface area is 302 Å². The Bertz CT molecular complexity index is 967. The summed E-state index contributed by atoms with van der Waals surface area (Å²) in [7, 11) is 2.44. The van der Waals surface area contributed by atoms with Crippen molar-refractivity contribution >= 4 is 49.4 Å². The minimum absolute atomic E-state index is 0.107. The predicted molar refractivity (Wildman–Crippen MR) is 203 cm³/mol. The molecule has 0 saturated carbocycles. The Morgan fingerprint density at radius 2 is 1.10 bits per heavy atom. The van der Waals surface area contributed by atoms with Gasteiger partial charge in [0.25, 0.3) is 0 Å². The van der Waals surface area contributed by atoms with Crippen molar-refractivity contribution in [2.75, 3.05) is 27.7 Å². The average Bonchev–Trinajstić information content (AvgIpc) is 3.06. The first-order valence-corrected chi connectivity index (χ1v) is 22.7. The molecule has 0 aromatic heterocycles. The number of carbonyl (C=O) groups is 2. The highest BCUT2D eigenvalue weighted by Crippen LogP contribution is 2.43. The van der Waals surface area contributed by atoms with Gasteiger partial charge in [0.15, 0.2) is 0 Å². The fourth-order valence-corrected chi connectivity index (χ4v) is 5.14. The lowest BCUT2D eigenvalue weighted by Crippen LogP contribution is -2.26. The van der Waals surface area contributed by atoms with E-state index in [1.807, 2.05) is 0 Å². The summed E-state index contributed by atoms with van der Waals surface area (Å²) < 4.78 is 29.7. The highest BCUT2D eigenvalue weighted by Gasteiger charge is 2.06. The van der Waals surface area contributed by atoms with E-state index >= 15 is 0 Å². The maximum atomic E-state index is 11.6. The van der Waals surface area contributed by atoms with Crippen molar-refractivity contribution in [3.63, 3.8) is 0 Å². The van der Waals surface area contributed by atoms with E-state index in [-0.39, 0.29) is 25.3 Å². The third-order valence-corrected chi connectivity index (χ3v) is 10.3. The fraction of sp³-hybridized carbons (Fsp3) is 0.765. The van der Waals surface area contributed by atoms with Gasteiger partial charge in [0.05, 0.1) is 0 Å². The third kappa shape index (κ3) is 39.6. The zero-order chi connectivity index (χ0) is 36.2. The standard InChI is InChI=1S/C20H36NO4PS.C14H30NO4PS/c1-3-4-5-6-7-8-9-10-11-12-13-14-15-16-17-18-20(22)21-19-25-26(23,27)24-2;1-3-4-5-6-7-8-9-10-11-12-14(16)15-13-19-20(17,21)18-2/h4-5,7-8,10-11H,3,6,9,12-19H2,1-2H3,(H,21,22)(H,23,27);3-13H2,1-2H3,(H,15,16)(H,17,21)/p-2/b5-4-,8-7-,11-10-;. The number of unbranched alkanes of at least 4 members (excludes halogenated alkanes) is 13. The largest absolute Gasteiger partial charge is 0.780 e. The number of amides is 2. The van der Waals surface area contributed by atoms with Gasteiger partial charge in [0.1, 0.15) is 20.2 Å². The molecule has 14 heteroatoms. The van der Waals surface area contributed by atoms with Crippen LogP contribution in [0.5, 0.6) is 0 Å². The van der Waals surface area contributed by atoms with Crippen molar-refractivity contribution in [2.45, 2.75) is 142 Å². The third-order valence-electron chi connectivity index (χ3n) is 6.99. The van der Waals surface area contributed by atoms with Gasteiger partial charge in [0, 0.05) is 27.1 Å². The quantitative estimate of drug-likeness (QED) is 0.0232. The van der Waals surface area contributed by atoms with Crippen LogP contribution in [0.15, 0.2) is 36.5 Å². The lowest BCUT2D eigenvalue weighted by molar-refractivity contribution is -0.204. The molecule has 282 valence electrons. The minimum Gasteiger partial charge on any atom is -0.780 e. The van der Waals surface area contributed by atoms with E-state index in [0.717, 1.165) is 57.8 Å². The van der Waals surface area contributed by atoms with Crippen molar-refractivity contribution in [1.29, 1.82) is 0 Å². The van der Waals surface area contributed by atoms with Crippen LogP contribution in [0.25, 0.3) is 0 Å². The van der Waals surface area contributed by atoms with E-state index in [9.17, 15) is 19.0 Å². The summed E-state index contributed by atoms with van der Waals surface area (Å²) in [5.41, 5.74) is 0. The maximum Gasteiger partial charge on any atom is 0.221 e. The van der Waals surface area contributed by atoms with Gasteiger partial charge in [-0.1, -0.05) is 133 Å². The first-order chi connectivity index (χ1) is 23.0. The summed E-state index contributed by atoms with van der Waals surface area (Å²) in [6.07, 6.45) is 34.7. The van der Waals surface area contributed by atoms with E-state index in [4.69, 9.17) is 9.05 Å². The lowest BCUT2D eigenvalue weighted by atomic mass is 10.1. The van der Waals surface area contributed by atoms with Crippen LogP contribution in [0, 0.1) is 0 Å². The number of allylic oxidation sites excluding steroid dienone is 6. The summed E-state index contributed by atoms with van der Waals surface area (Å²) in [6.45, 7) is -2.82. The number of hydrogen-bond acceptors (Lipinski definition) is 10. The normalized spacial score (nSPS) is 14.1. The van der Waals surface area contributed by atoms with Crippen LogP contribution in [0.2, 0.25) is 0 Å². The van der Waals surface area contributed by atoms with Crippen molar-refractivity contribution in [3.05, 3.63) is 36.5 Å². The van der Waals surface area contributed by atoms with E-state index in [2.05, 4.69) is 94.0 Å². The molecule has 0 saturated heterocycles. The monoisotopic (exact) mass is 754 g/mol. The molecule has 2 N–H and O–H groups in total. The molecule has 2 amide bonds. The molecule has 0 bridgehead atoms. The molecular formula is C34H64N2O8P2S2-2. The SMILES string of the molecule is CC/C=C\C/C=C\C/C=C\CCCCCCCC(=O)NCOP([O-])(=S)OC.CCCCCCCCCCCC(=O)NCOP(=O)([S-])OC. The first kappa shape index (κ1) is 49.3. The smallest absolute Gasteiger partial charge is 0.221 e. The fourth-order valence-electron chi connectivity index (χ4n) is 4.17. The first-order valence-electron chi connectivity index (χ1n) is 17.5. The molecule has 0 aromatic rings. The van der Waals surface area contributed by atoms with Crippen LogP contribution in [0.4, 0.5) is 0 Å². The second kappa shape index (κ2) is 36.0. The Balaban J connectivity index is 0. The van der Waals surface area contributed by atoms with E-state index in [1.165, 1.54) is 72.0 Å². The van der Waals surface area contributed by atoms with Crippen LogP contribution in [-0.2, 0) is 56.3 Å². The highest BCUT2D eigenvalue weighted by atomic mass is 32.7. The number of carbonyl (C=O) groups excluding carboxylic acids is 2. The second-order valence-electron chi connectivity index (χ2n) is 11.2. The van der Waals surface area contributed by atoms with Crippen LogP contribution in [-0.4, -0.2) is 39.5 Å². The minimum atomic E-state index is -3.44. The Kier molecular flexibility index (Phi) is 37.0. The van der Waals surface area contributed by atoms with E-state index in [0.29, 0.717) is 12.8 Å². The van der Waals surface area contributed by atoms with Crippen LogP contribution < -0.4 is 15.5 Å². The van der Waals surface area contributed by atoms with Crippen LogP contribution in [0.1, 0.15) is 142 Å². The molecule has 2 atom stereocenters.